The van der Waals surface area contributed by atoms with Crippen molar-refractivity contribution >= 4 is 15.9 Å². The van der Waals surface area contributed by atoms with E-state index in [0.29, 0.717) is 24.6 Å². The standard InChI is InChI=1S/C15H21BrFNO/c1-11-4-6-15(19,7-5-11)10-18-9-12-2-3-13(16)8-14(12)17/h2-3,8,11,18-19H,4-7,9-10H2,1H3. The average Bonchev–Trinajstić information content (AvgIpc) is 2.36. The Morgan fingerprint density at radius 3 is 2.74 bits per heavy atom. The molecule has 0 bridgehead atoms. The number of benzene rings is 1. The van der Waals surface area contributed by atoms with Crippen LogP contribution in [-0.2, 0) is 6.54 Å². The Bertz CT molecular complexity index is 430. The van der Waals surface area contributed by atoms with Crippen LogP contribution >= 0.6 is 15.9 Å². The van der Waals surface area contributed by atoms with Crippen LogP contribution in [-0.4, -0.2) is 17.3 Å². The van der Waals surface area contributed by atoms with Gasteiger partial charge in [0.2, 0.25) is 0 Å². The average molecular weight is 330 g/mol. The van der Waals surface area contributed by atoms with Crippen molar-refractivity contribution in [3.63, 3.8) is 0 Å². The highest BCUT2D eigenvalue weighted by Gasteiger charge is 2.31. The molecule has 2 rings (SSSR count). The first kappa shape index (κ1) is 14.9. The van der Waals surface area contributed by atoms with E-state index in [1.54, 1.807) is 6.07 Å². The molecule has 1 aliphatic carbocycles. The molecule has 106 valence electrons. The summed E-state index contributed by atoms with van der Waals surface area (Å²) in [7, 11) is 0. The second kappa shape index (κ2) is 6.33. The number of rotatable bonds is 4. The van der Waals surface area contributed by atoms with Crippen LogP contribution in [0, 0.1) is 11.7 Å². The Kier molecular flexibility index (Phi) is 4.98. The Labute approximate surface area is 122 Å². The number of nitrogens with one attached hydrogen (secondary N) is 1. The van der Waals surface area contributed by atoms with Gasteiger partial charge < -0.3 is 10.4 Å². The van der Waals surface area contributed by atoms with E-state index in [1.807, 2.05) is 6.07 Å². The highest BCUT2D eigenvalue weighted by molar-refractivity contribution is 9.10. The first-order valence-electron chi connectivity index (χ1n) is 6.85. The lowest BCUT2D eigenvalue weighted by Crippen LogP contribution is -2.43. The van der Waals surface area contributed by atoms with Crippen molar-refractivity contribution in [2.45, 2.75) is 44.8 Å². The second-order valence-corrected chi connectivity index (χ2v) is 6.66. The smallest absolute Gasteiger partial charge is 0.128 e. The van der Waals surface area contributed by atoms with Crippen LogP contribution in [0.2, 0.25) is 0 Å². The molecule has 1 aliphatic rings. The number of halogens is 2. The van der Waals surface area contributed by atoms with Gasteiger partial charge in [-0.2, -0.15) is 0 Å². The summed E-state index contributed by atoms with van der Waals surface area (Å²) in [6.45, 7) is 3.22. The zero-order chi connectivity index (χ0) is 13.9. The first-order valence-corrected chi connectivity index (χ1v) is 7.65. The summed E-state index contributed by atoms with van der Waals surface area (Å²) in [4.78, 5) is 0. The maximum atomic E-state index is 13.6. The molecule has 2 nitrogen and oxygen atoms in total. The van der Waals surface area contributed by atoms with Crippen molar-refractivity contribution in [2.24, 2.45) is 5.92 Å². The van der Waals surface area contributed by atoms with E-state index in [4.69, 9.17) is 0 Å². The van der Waals surface area contributed by atoms with Crippen LogP contribution in [0.3, 0.4) is 0 Å². The normalized spacial score (nSPS) is 27.5. The van der Waals surface area contributed by atoms with Gasteiger partial charge in [-0.3, -0.25) is 0 Å². The molecule has 0 aliphatic heterocycles. The van der Waals surface area contributed by atoms with Crippen molar-refractivity contribution in [2.75, 3.05) is 6.54 Å². The summed E-state index contributed by atoms with van der Waals surface area (Å²) in [6, 6.07) is 5.06. The second-order valence-electron chi connectivity index (χ2n) is 5.75. The molecule has 2 N–H and O–H groups in total. The van der Waals surface area contributed by atoms with Gasteiger partial charge >= 0.3 is 0 Å². The fourth-order valence-electron chi connectivity index (χ4n) is 2.57. The van der Waals surface area contributed by atoms with Gasteiger partial charge in [0.1, 0.15) is 5.82 Å². The minimum Gasteiger partial charge on any atom is -0.389 e. The molecule has 1 fully saturated rings. The Morgan fingerprint density at radius 1 is 1.42 bits per heavy atom. The minimum atomic E-state index is -0.613. The van der Waals surface area contributed by atoms with E-state index in [1.165, 1.54) is 6.07 Å². The summed E-state index contributed by atoms with van der Waals surface area (Å²) in [5.74, 6) is 0.496. The van der Waals surface area contributed by atoms with E-state index >= 15 is 0 Å². The minimum absolute atomic E-state index is 0.217. The summed E-state index contributed by atoms with van der Waals surface area (Å²) >= 11 is 3.24. The maximum Gasteiger partial charge on any atom is 0.128 e. The van der Waals surface area contributed by atoms with Crippen molar-refractivity contribution < 1.29 is 9.50 Å². The predicted molar refractivity (Wildman–Crippen MR) is 78.4 cm³/mol. The van der Waals surface area contributed by atoms with Crippen LogP contribution in [0.5, 0.6) is 0 Å². The van der Waals surface area contributed by atoms with Gasteiger partial charge in [-0.05, 0) is 43.7 Å². The lowest BCUT2D eigenvalue weighted by atomic mass is 9.79. The van der Waals surface area contributed by atoms with Crippen LogP contribution in [0.4, 0.5) is 4.39 Å². The first-order chi connectivity index (χ1) is 8.98. The molecule has 1 saturated carbocycles. The topological polar surface area (TPSA) is 32.3 Å². The molecule has 19 heavy (non-hydrogen) atoms. The number of hydrogen-bond acceptors (Lipinski definition) is 2. The van der Waals surface area contributed by atoms with Crippen LogP contribution < -0.4 is 5.32 Å². The summed E-state index contributed by atoms with van der Waals surface area (Å²) in [5.41, 5.74) is 0.0224. The predicted octanol–water partition coefficient (Wildman–Crippen LogP) is 3.62. The van der Waals surface area contributed by atoms with E-state index in [9.17, 15) is 9.50 Å². The molecule has 0 aromatic heterocycles. The third-order valence-electron chi connectivity index (χ3n) is 3.99. The van der Waals surface area contributed by atoms with Gasteiger partial charge in [-0.1, -0.05) is 28.9 Å². The van der Waals surface area contributed by atoms with Crippen molar-refractivity contribution in [1.29, 1.82) is 0 Å². The summed E-state index contributed by atoms with van der Waals surface area (Å²) < 4.78 is 14.4. The van der Waals surface area contributed by atoms with E-state index in [-0.39, 0.29) is 5.82 Å². The van der Waals surface area contributed by atoms with Gasteiger partial charge in [0.15, 0.2) is 0 Å². The zero-order valence-electron chi connectivity index (χ0n) is 11.3. The lowest BCUT2D eigenvalue weighted by Gasteiger charge is -2.35. The van der Waals surface area contributed by atoms with Gasteiger partial charge in [0.25, 0.3) is 0 Å². The molecule has 1 aromatic carbocycles. The fraction of sp³-hybridized carbons (Fsp3) is 0.600. The van der Waals surface area contributed by atoms with Crippen molar-refractivity contribution in [3.8, 4) is 0 Å². The summed E-state index contributed by atoms with van der Waals surface area (Å²) in [6.07, 6.45) is 3.82. The van der Waals surface area contributed by atoms with Gasteiger partial charge in [-0.15, -0.1) is 0 Å². The molecule has 0 atom stereocenters. The van der Waals surface area contributed by atoms with Gasteiger partial charge in [-0.25, -0.2) is 4.39 Å². The Balaban J connectivity index is 1.83. The highest BCUT2D eigenvalue weighted by atomic mass is 79.9. The van der Waals surface area contributed by atoms with Crippen LogP contribution in [0.25, 0.3) is 0 Å². The lowest BCUT2D eigenvalue weighted by molar-refractivity contribution is -0.00635. The molecular weight excluding hydrogens is 309 g/mol. The monoisotopic (exact) mass is 329 g/mol. The molecule has 0 saturated heterocycles. The molecule has 0 amide bonds. The highest BCUT2D eigenvalue weighted by Crippen LogP contribution is 2.31. The fourth-order valence-corrected chi connectivity index (χ4v) is 2.90. The number of aliphatic hydroxyl groups is 1. The van der Waals surface area contributed by atoms with Crippen LogP contribution in [0.1, 0.15) is 38.2 Å². The molecule has 0 unspecified atom stereocenters. The SMILES string of the molecule is CC1CCC(O)(CNCc2ccc(Br)cc2F)CC1. The molecule has 1 aromatic rings. The van der Waals surface area contributed by atoms with Crippen LogP contribution in [0.15, 0.2) is 22.7 Å². The molecule has 0 heterocycles. The van der Waals surface area contributed by atoms with Gasteiger partial charge in [0.05, 0.1) is 5.60 Å². The number of hydrogen-bond donors (Lipinski definition) is 2. The largest absolute Gasteiger partial charge is 0.389 e. The molecule has 0 radical (unpaired) electrons. The van der Waals surface area contributed by atoms with E-state index in [0.717, 1.165) is 30.2 Å². The quantitative estimate of drug-likeness (QED) is 0.884. The van der Waals surface area contributed by atoms with E-state index in [2.05, 4.69) is 28.2 Å². The van der Waals surface area contributed by atoms with Gasteiger partial charge in [0, 0.05) is 23.1 Å². The molecule has 4 heteroatoms. The van der Waals surface area contributed by atoms with Crippen molar-refractivity contribution in [1.82, 2.24) is 5.32 Å². The maximum absolute atomic E-state index is 13.6. The molecular formula is C15H21BrFNO. The Morgan fingerprint density at radius 2 is 2.11 bits per heavy atom. The Hall–Kier alpha value is -0.450. The third-order valence-corrected chi connectivity index (χ3v) is 4.48. The van der Waals surface area contributed by atoms with Crippen molar-refractivity contribution in [3.05, 3.63) is 34.1 Å². The summed E-state index contributed by atoms with van der Waals surface area (Å²) in [5, 5.41) is 13.6. The van der Waals surface area contributed by atoms with E-state index < -0.39 is 5.60 Å². The third kappa shape index (κ3) is 4.26. The molecule has 0 spiro atoms. The zero-order valence-corrected chi connectivity index (χ0v) is 12.8.